The molecule has 1 saturated heterocycles. The molecular weight excluding hydrogens is 438 g/mol. The third-order valence-corrected chi connectivity index (χ3v) is 6.72. The maximum atomic E-state index is 13.0. The Morgan fingerprint density at radius 3 is 2.14 bits per heavy atom. The summed E-state index contributed by atoms with van der Waals surface area (Å²) < 4.78 is 1.80. The van der Waals surface area contributed by atoms with Crippen LogP contribution in [0.2, 0.25) is 0 Å². The molecule has 7 heteroatoms. The van der Waals surface area contributed by atoms with Gasteiger partial charge in [0.1, 0.15) is 5.82 Å². The van der Waals surface area contributed by atoms with Gasteiger partial charge in [-0.05, 0) is 80.3 Å². The van der Waals surface area contributed by atoms with E-state index in [-0.39, 0.29) is 5.92 Å². The maximum absolute atomic E-state index is 13.0. The van der Waals surface area contributed by atoms with Gasteiger partial charge in [0.15, 0.2) is 0 Å². The number of hydrogen-bond acceptors (Lipinski definition) is 5. The largest absolute Gasteiger partial charge is 0.368 e. The Hall–Kier alpha value is -3.61. The molecule has 0 radical (unpaired) electrons. The first-order valence-corrected chi connectivity index (χ1v) is 12.2. The van der Waals surface area contributed by atoms with Crippen molar-refractivity contribution in [3.05, 3.63) is 70.7 Å². The summed E-state index contributed by atoms with van der Waals surface area (Å²) in [4.78, 5) is 35.1. The van der Waals surface area contributed by atoms with E-state index in [1.807, 2.05) is 65.1 Å². The Labute approximate surface area is 207 Å². The number of nitrogens with zero attached hydrogens (tertiary/aromatic N) is 4. The van der Waals surface area contributed by atoms with Crippen molar-refractivity contribution in [2.75, 3.05) is 41.3 Å². The van der Waals surface area contributed by atoms with Gasteiger partial charge in [-0.25, -0.2) is 4.98 Å². The Balaban J connectivity index is 1.38. The van der Waals surface area contributed by atoms with Crippen molar-refractivity contribution in [2.24, 2.45) is 7.05 Å². The van der Waals surface area contributed by atoms with Crippen LogP contribution >= 0.6 is 0 Å². The molecule has 0 saturated carbocycles. The number of pyridine rings is 1. The first-order valence-electron chi connectivity index (χ1n) is 12.2. The first kappa shape index (κ1) is 24.5. The molecule has 1 aliphatic rings. The van der Waals surface area contributed by atoms with Gasteiger partial charge < -0.3 is 19.7 Å². The van der Waals surface area contributed by atoms with Crippen LogP contribution in [0.15, 0.2) is 42.5 Å². The van der Waals surface area contributed by atoms with Gasteiger partial charge in [-0.2, -0.15) is 0 Å². The van der Waals surface area contributed by atoms with Crippen LogP contribution in [0.3, 0.4) is 0 Å². The number of anilines is 3. The number of rotatable bonds is 6. The zero-order chi connectivity index (χ0) is 25.3. The van der Waals surface area contributed by atoms with E-state index in [2.05, 4.69) is 34.2 Å². The van der Waals surface area contributed by atoms with Gasteiger partial charge >= 0.3 is 0 Å². The second-order valence-electron chi connectivity index (χ2n) is 9.75. The quantitative estimate of drug-likeness (QED) is 0.418. The van der Waals surface area contributed by atoms with Gasteiger partial charge in [0.05, 0.1) is 5.69 Å². The minimum atomic E-state index is -0.615. The van der Waals surface area contributed by atoms with Gasteiger partial charge in [-0.15, -0.1) is 0 Å². The summed E-state index contributed by atoms with van der Waals surface area (Å²) in [6.07, 6.45) is 0. The predicted octanol–water partition coefficient (Wildman–Crippen LogP) is 4.62. The summed E-state index contributed by atoms with van der Waals surface area (Å²) in [5.74, 6) is 0.0749. The molecule has 35 heavy (non-hydrogen) atoms. The monoisotopic (exact) mass is 473 g/mol. The molecule has 1 aliphatic heterocycles. The molecule has 3 heterocycles. The first-order chi connectivity index (χ1) is 16.6. The van der Waals surface area contributed by atoms with E-state index in [4.69, 9.17) is 4.98 Å². The van der Waals surface area contributed by atoms with Gasteiger partial charge in [0.2, 0.25) is 0 Å². The lowest BCUT2D eigenvalue weighted by Crippen LogP contribution is -2.46. The molecule has 3 aromatic rings. The van der Waals surface area contributed by atoms with Crippen molar-refractivity contribution in [3.8, 4) is 0 Å². The van der Waals surface area contributed by atoms with Gasteiger partial charge in [0, 0.05) is 56.0 Å². The fraction of sp³-hybridized carbons (Fsp3) is 0.393. The molecule has 0 spiro atoms. The van der Waals surface area contributed by atoms with Crippen LogP contribution in [-0.4, -0.2) is 47.4 Å². The number of ketones is 1. The molecule has 0 atom stereocenters. The van der Waals surface area contributed by atoms with Crippen molar-refractivity contribution in [1.29, 1.82) is 0 Å². The fourth-order valence-corrected chi connectivity index (χ4v) is 4.71. The van der Waals surface area contributed by atoms with E-state index >= 15 is 0 Å². The number of piperazine rings is 1. The van der Waals surface area contributed by atoms with Crippen LogP contribution in [0.1, 0.15) is 52.8 Å². The lowest BCUT2D eigenvalue weighted by molar-refractivity contribution is -0.112. The molecule has 2 aromatic heterocycles. The standard InChI is InChI=1S/C28H35N5O2/c1-18(2)24-17-21(5)31(6)26(24)27(34)28(35)30-22-7-9-23(10-8-22)32-11-13-33(14-12-32)25-16-19(3)15-20(4)29-25/h7-10,15-18H,11-14H2,1-6H3,(H,30,35). The number of benzene rings is 1. The number of carbonyl (C=O) groups excluding carboxylic acids is 2. The van der Waals surface area contributed by atoms with E-state index in [0.717, 1.165) is 54.6 Å². The number of aryl methyl sites for hydroxylation is 3. The highest BCUT2D eigenvalue weighted by molar-refractivity contribution is 6.46. The smallest absolute Gasteiger partial charge is 0.298 e. The Kier molecular flexibility index (Phi) is 6.96. The molecule has 4 rings (SSSR count). The van der Waals surface area contributed by atoms with Crippen LogP contribution in [0.4, 0.5) is 17.2 Å². The average Bonchev–Trinajstić information content (AvgIpc) is 3.13. The van der Waals surface area contributed by atoms with E-state index in [9.17, 15) is 9.59 Å². The molecule has 1 aromatic carbocycles. The Morgan fingerprint density at radius 2 is 1.54 bits per heavy atom. The van der Waals surface area contributed by atoms with Crippen molar-refractivity contribution in [1.82, 2.24) is 9.55 Å². The minimum absolute atomic E-state index is 0.159. The van der Waals surface area contributed by atoms with Crippen molar-refractivity contribution >= 4 is 28.9 Å². The highest BCUT2D eigenvalue weighted by Crippen LogP contribution is 2.25. The molecule has 0 aliphatic carbocycles. The maximum Gasteiger partial charge on any atom is 0.298 e. The zero-order valence-electron chi connectivity index (χ0n) is 21.6. The second-order valence-corrected chi connectivity index (χ2v) is 9.75. The molecular formula is C28H35N5O2. The summed E-state index contributed by atoms with van der Waals surface area (Å²) in [5.41, 5.74) is 6.31. The molecule has 7 nitrogen and oxygen atoms in total. The van der Waals surface area contributed by atoms with Crippen molar-refractivity contribution in [2.45, 2.75) is 40.5 Å². The van der Waals surface area contributed by atoms with Crippen molar-refractivity contribution in [3.63, 3.8) is 0 Å². The van der Waals surface area contributed by atoms with E-state index < -0.39 is 11.7 Å². The van der Waals surface area contributed by atoms with E-state index in [1.165, 1.54) is 5.56 Å². The third-order valence-electron chi connectivity index (χ3n) is 6.72. The Morgan fingerprint density at radius 1 is 0.914 bits per heavy atom. The predicted molar refractivity (Wildman–Crippen MR) is 142 cm³/mol. The molecule has 1 fully saturated rings. The van der Waals surface area contributed by atoms with E-state index in [1.54, 1.807) is 4.57 Å². The molecule has 0 unspecified atom stereocenters. The molecule has 1 N–H and O–H groups in total. The number of hydrogen-bond donors (Lipinski definition) is 1. The normalized spacial score (nSPS) is 13.9. The summed E-state index contributed by atoms with van der Waals surface area (Å²) in [7, 11) is 1.83. The topological polar surface area (TPSA) is 70.5 Å². The van der Waals surface area contributed by atoms with Crippen LogP contribution in [0, 0.1) is 20.8 Å². The summed E-state index contributed by atoms with van der Waals surface area (Å²) in [6.45, 7) is 13.7. The molecule has 1 amide bonds. The fourth-order valence-electron chi connectivity index (χ4n) is 4.71. The summed E-state index contributed by atoms with van der Waals surface area (Å²) in [5, 5.41) is 2.78. The van der Waals surface area contributed by atoms with Crippen molar-refractivity contribution < 1.29 is 9.59 Å². The number of nitrogens with one attached hydrogen (secondary N) is 1. The Bertz CT molecular complexity index is 1210. The van der Waals surface area contributed by atoms with Gasteiger partial charge in [-0.1, -0.05) is 13.8 Å². The number of Topliss-reactive ketones (excluding diaryl/α,β-unsaturated/α-hetero) is 1. The lowest BCUT2D eigenvalue weighted by Gasteiger charge is -2.37. The highest BCUT2D eigenvalue weighted by Gasteiger charge is 2.25. The number of aromatic nitrogens is 2. The van der Waals surface area contributed by atoms with Gasteiger partial charge in [-0.3, -0.25) is 9.59 Å². The second kappa shape index (κ2) is 9.94. The molecule has 184 valence electrons. The highest BCUT2D eigenvalue weighted by atomic mass is 16.2. The minimum Gasteiger partial charge on any atom is -0.368 e. The van der Waals surface area contributed by atoms with Crippen LogP contribution < -0.4 is 15.1 Å². The van der Waals surface area contributed by atoms with Gasteiger partial charge in [0.25, 0.3) is 11.7 Å². The summed E-state index contributed by atoms with van der Waals surface area (Å²) in [6, 6.07) is 13.9. The summed E-state index contributed by atoms with van der Waals surface area (Å²) >= 11 is 0. The van der Waals surface area contributed by atoms with Crippen LogP contribution in [-0.2, 0) is 11.8 Å². The third kappa shape index (κ3) is 5.24. The average molecular weight is 474 g/mol. The number of carbonyl (C=O) groups is 2. The van der Waals surface area contributed by atoms with E-state index in [0.29, 0.717) is 11.4 Å². The SMILES string of the molecule is Cc1cc(C)nc(N2CCN(c3ccc(NC(=O)C(=O)c4c(C(C)C)cc(C)n4C)cc3)CC2)c1. The van der Waals surface area contributed by atoms with Crippen LogP contribution in [0.5, 0.6) is 0 Å². The molecule has 0 bridgehead atoms. The zero-order valence-corrected chi connectivity index (χ0v) is 21.6. The lowest BCUT2D eigenvalue weighted by atomic mass is 10.0. The van der Waals surface area contributed by atoms with Crippen LogP contribution in [0.25, 0.3) is 0 Å². The number of amides is 1.